The number of morpholine rings is 1. The zero-order valence-electron chi connectivity index (χ0n) is 12.7. The number of rotatable bonds is 4. The van der Waals surface area contributed by atoms with Gasteiger partial charge >= 0.3 is 6.09 Å². The molecule has 0 radical (unpaired) electrons. The molecule has 1 aromatic carbocycles. The molecule has 0 N–H and O–H groups in total. The summed E-state index contributed by atoms with van der Waals surface area (Å²) < 4.78 is 10.8. The third-order valence-electron chi connectivity index (χ3n) is 4.03. The Hall–Kier alpha value is -1.92. The van der Waals surface area contributed by atoms with Gasteiger partial charge in [-0.2, -0.15) is 0 Å². The van der Waals surface area contributed by atoms with Crippen LogP contribution >= 0.6 is 0 Å². The number of amides is 1. The summed E-state index contributed by atoms with van der Waals surface area (Å²) in [6, 6.07) is 7.05. The van der Waals surface area contributed by atoms with Crippen molar-refractivity contribution < 1.29 is 19.1 Å². The zero-order valence-corrected chi connectivity index (χ0v) is 12.7. The molecule has 0 bridgehead atoms. The average Bonchev–Trinajstić information content (AvgIpc) is 2.89. The van der Waals surface area contributed by atoms with E-state index >= 15 is 0 Å². The fourth-order valence-corrected chi connectivity index (χ4v) is 2.78. The van der Waals surface area contributed by atoms with Gasteiger partial charge in [-0.25, -0.2) is 4.79 Å². The fourth-order valence-electron chi connectivity index (χ4n) is 2.78. The number of cyclic esters (lactones) is 1. The molecule has 1 atom stereocenters. The van der Waals surface area contributed by atoms with Crippen molar-refractivity contribution in [3.8, 4) is 0 Å². The molecule has 0 aliphatic carbocycles. The van der Waals surface area contributed by atoms with E-state index in [0.29, 0.717) is 12.1 Å². The van der Waals surface area contributed by atoms with Gasteiger partial charge in [-0.1, -0.05) is 0 Å². The smallest absolute Gasteiger partial charge is 0.414 e. The first-order chi connectivity index (χ1) is 10.6. The molecule has 2 saturated heterocycles. The molecule has 0 saturated carbocycles. The SMILES string of the molecule is CC(=O)c1ccc(N2CC(CN3CCOCC3)OC2=O)cc1. The van der Waals surface area contributed by atoms with Gasteiger partial charge < -0.3 is 9.47 Å². The maximum absolute atomic E-state index is 12.0. The predicted molar refractivity (Wildman–Crippen MR) is 81.3 cm³/mol. The molecule has 1 aromatic rings. The standard InChI is InChI=1S/C16H20N2O4/c1-12(19)13-2-4-14(5-3-13)18-11-15(22-16(18)20)10-17-6-8-21-9-7-17/h2-5,15H,6-11H2,1H3. The zero-order chi connectivity index (χ0) is 15.5. The molecular weight excluding hydrogens is 284 g/mol. The van der Waals surface area contributed by atoms with Crippen molar-refractivity contribution in [3.63, 3.8) is 0 Å². The predicted octanol–water partition coefficient (Wildman–Crippen LogP) is 1.55. The highest BCUT2D eigenvalue weighted by Crippen LogP contribution is 2.22. The molecular formula is C16H20N2O4. The molecule has 6 heteroatoms. The van der Waals surface area contributed by atoms with Gasteiger partial charge in [0.05, 0.1) is 19.8 Å². The molecule has 2 aliphatic rings. The molecule has 0 aromatic heterocycles. The Morgan fingerprint density at radius 3 is 2.55 bits per heavy atom. The molecule has 2 heterocycles. The van der Waals surface area contributed by atoms with E-state index in [9.17, 15) is 9.59 Å². The van der Waals surface area contributed by atoms with Crippen LogP contribution in [0.25, 0.3) is 0 Å². The summed E-state index contributed by atoms with van der Waals surface area (Å²) in [5, 5.41) is 0. The Bertz CT molecular complexity index is 552. The third-order valence-corrected chi connectivity index (χ3v) is 4.03. The molecule has 3 rings (SSSR count). The maximum Gasteiger partial charge on any atom is 0.414 e. The van der Waals surface area contributed by atoms with Crippen LogP contribution in [-0.2, 0) is 9.47 Å². The van der Waals surface area contributed by atoms with Crippen LogP contribution in [0.2, 0.25) is 0 Å². The van der Waals surface area contributed by atoms with E-state index in [2.05, 4.69) is 4.90 Å². The highest BCUT2D eigenvalue weighted by Gasteiger charge is 2.33. The van der Waals surface area contributed by atoms with Crippen LogP contribution < -0.4 is 4.90 Å². The summed E-state index contributed by atoms with van der Waals surface area (Å²) in [5.74, 6) is 0.0146. The van der Waals surface area contributed by atoms with Crippen LogP contribution in [0.1, 0.15) is 17.3 Å². The van der Waals surface area contributed by atoms with Gasteiger partial charge in [-0.15, -0.1) is 0 Å². The number of carbonyl (C=O) groups is 2. The number of anilines is 1. The second kappa shape index (κ2) is 6.46. The fraction of sp³-hybridized carbons (Fsp3) is 0.500. The van der Waals surface area contributed by atoms with E-state index < -0.39 is 0 Å². The summed E-state index contributed by atoms with van der Waals surface area (Å²) in [7, 11) is 0. The van der Waals surface area contributed by atoms with Crippen LogP contribution in [0.4, 0.5) is 10.5 Å². The quantitative estimate of drug-likeness (QED) is 0.790. The number of ketones is 1. The van der Waals surface area contributed by atoms with Crippen molar-refractivity contribution in [2.24, 2.45) is 0 Å². The minimum absolute atomic E-state index is 0.0146. The lowest BCUT2D eigenvalue weighted by atomic mass is 10.1. The van der Waals surface area contributed by atoms with E-state index in [-0.39, 0.29) is 18.0 Å². The van der Waals surface area contributed by atoms with Gasteiger partial charge in [0.1, 0.15) is 6.10 Å². The lowest BCUT2D eigenvalue weighted by Gasteiger charge is -2.28. The summed E-state index contributed by atoms with van der Waals surface area (Å²) in [4.78, 5) is 27.2. The second-order valence-corrected chi connectivity index (χ2v) is 5.63. The third kappa shape index (κ3) is 3.28. The van der Waals surface area contributed by atoms with Crippen molar-refractivity contribution in [2.45, 2.75) is 13.0 Å². The minimum atomic E-state index is -0.325. The lowest BCUT2D eigenvalue weighted by Crippen LogP contribution is -2.42. The van der Waals surface area contributed by atoms with Gasteiger partial charge in [-0.3, -0.25) is 14.6 Å². The Kier molecular flexibility index (Phi) is 4.40. The molecule has 1 amide bonds. The van der Waals surface area contributed by atoms with E-state index in [4.69, 9.17) is 9.47 Å². The van der Waals surface area contributed by atoms with E-state index in [1.807, 2.05) is 0 Å². The normalized spacial score (nSPS) is 22.7. The van der Waals surface area contributed by atoms with Crippen LogP contribution in [-0.4, -0.2) is 62.3 Å². The van der Waals surface area contributed by atoms with Crippen molar-refractivity contribution in [3.05, 3.63) is 29.8 Å². The molecule has 2 aliphatic heterocycles. The van der Waals surface area contributed by atoms with Gasteiger partial charge in [0, 0.05) is 30.9 Å². The Labute approximate surface area is 129 Å². The van der Waals surface area contributed by atoms with Crippen LogP contribution in [0.15, 0.2) is 24.3 Å². The largest absolute Gasteiger partial charge is 0.443 e. The van der Waals surface area contributed by atoms with Crippen molar-refractivity contribution in [2.75, 3.05) is 44.3 Å². The number of carbonyl (C=O) groups excluding carboxylic acids is 2. The number of ether oxygens (including phenoxy) is 2. The summed E-state index contributed by atoms with van der Waals surface area (Å²) in [6.07, 6.45) is -0.452. The Morgan fingerprint density at radius 1 is 1.23 bits per heavy atom. The summed E-state index contributed by atoms with van der Waals surface area (Å²) in [6.45, 7) is 6.01. The van der Waals surface area contributed by atoms with Crippen molar-refractivity contribution in [1.29, 1.82) is 0 Å². The lowest BCUT2D eigenvalue weighted by molar-refractivity contribution is 0.0188. The van der Waals surface area contributed by atoms with E-state index in [0.717, 1.165) is 38.5 Å². The number of hydrogen-bond acceptors (Lipinski definition) is 5. The van der Waals surface area contributed by atoms with Gasteiger partial charge in [0.15, 0.2) is 5.78 Å². The van der Waals surface area contributed by atoms with E-state index in [1.165, 1.54) is 6.92 Å². The molecule has 22 heavy (non-hydrogen) atoms. The average molecular weight is 304 g/mol. The molecule has 2 fully saturated rings. The van der Waals surface area contributed by atoms with Crippen LogP contribution in [0, 0.1) is 0 Å². The number of Topliss-reactive ketones (excluding diaryl/α,β-unsaturated/α-hetero) is 1. The molecule has 6 nitrogen and oxygen atoms in total. The number of benzene rings is 1. The maximum atomic E-state index is 12.0. The molecule has 0 spiro atoms. The first kappa shape index (κ1) is 15.0. The topological polar surface area (TPSA) is 59.1 Å². The number of hydrogen-bond donors (Lipinski definition) is 0. The van der Waals surface area contributed by atoms with E-state index in [1.54, 1.807) is 29.2 Å². The summed E-state index contributed by atoms with van der Waals surface area (Å²) in [5.41, 5.74) is 1.40. The van der Waals surface area contributed by atoms with Gasteiger partial charge in [-0.05, 0) is 31.2 Å². The van der Waals surface area contributed by atoms with Crippen molar-refractivity contribution in [1.82, 2.24) is 4.90 Å². The second-order valence-electron chi connectivity index (χ2n) is 5.63. The van der Waals surface area contributed by atoms with Crippen LogP contribution in [0.5, 0.6) is 0 Å². The highest BCUT2D eigenvalue weighted by molar-refractivity contribution is 5.95. The molecule has 118 valence electrons. The van der Waals surface area contributed by atoms with Gasteiger partial charge in [0.25, 0.3) is 0 Å². The molecule has 1 unspecified atom stereocenters. The van der Waals surface area contributed by atoms with Crippen LogP contribution in [0.3, 0.4) is 0 Å². The number of nitrogens with zero attached hydrogens (tertiary/aromatic N) is 2. The Balaban J connectivity index is 1.62. The first-order valence-electron chi connectivity index (χ1n) is 7.53. The van der Waals surface area contributed by atoms with Gasteiger partial charge in [0.2, 0.25) is 0 Å². The highest BCUT2D eigenvalue weighted by atomic mass is 16.6. The Morgan fingerprint density at radius 2 is 1.91 bits per heavy atom. The summed E-state index contributed by atoms with van der Waals surface area (Å²) >= 11 is 0. The monoisotopic (exact) mass is 304 g/mol. The minimum Gasteiger partial charge on any atom is -0.443 e. The van der Waals surface area contributed by atoms with Crippen molar-refractivity contribution >= 4 is 17.6 Å². The first-order valence-corrected chi connectivity index (χ1v) is 7.53.